The molecule has 0 atom stereocenters. The number of nitrogens with one attached hydrogen (secondary N) is 1. The quantitative estimate of drug-likeness (QED) is 0.689. The molecular weight excluding hydrogens is 300 g/mol. The summed E-state index contributed by atoms with van der Waals surface area (Å²) in [7, 11) is 0. The normalized spacial score (nSPS) is 10.6. The average Bonchev–Trinajstić information content (AvgIpc) is 2.98. The molecule has 3 aromatic rings. The Labute approximate surface area is 130 Å². The summed E-state index contributed by atoms with van der Waals surface area (Å²) in [4.78, 5) is 30.5. The van der Waals surface area contributed by atoms with Gasteiger partial charge in [0.25, 0.3) is 5.91 Å². The number of hydrogen-bond acceptors (Lipinski definition) is 6. The van der Waals surface area contributed by atoms with Crippen molar-refractivity contribution in [2.24, 2.45) is 0 Å². The maximum atomic E-state index is 12.0. The zero-order valence-electron chi connectivity index (χ0n) is 11.9. The molecule has 0 saturated carbocycles. The molecular formula is C14H12N6O3. The third kappa shape index (κ3) is 2.98. The minimum atomic E-state index is -1.30. The standard InChI is InChI=1S/C14H12N6O3/c21-13(11-12(14(22)23)16-7-6-15-11)17-5-4-10-19-18-9-3-1-2-8-20(9)10/h1-3,6-8H,4-5H2,(H,17,21)(H,22,23). The number of carbonyl (C=O) groups excluding carboxylic acids is 1. The van der Waals surface area contributed by atoms with Gasteiger partial charge in [0, 0.05) is 31.6 Å². The molecule has 0 saturated heterocycles. The van der Waals surface area contributed by atoms with Crippen molar-refractivity contribution in [3.8, 4) is 0 Å². The lowest BCUT2D eigenvalue weighted by Gasteiger charge is -2.05. The molecule has 0 aliphatic rings. The van der Waals surface area contributed by atoms with Gasteiger partial charge in [0.05, 0.1) is 0 Å². The van der Waals surface area contributed by atoms with E-state index in [9.17, 15) is 9.59 Å². The summed E-state index contributed by atoms with van der Waals surface area (Å²) in [5.74, 6) is -1.20. The summed E-state index contributed by atoms with van der Waals surface area (Å²) in [6.07, 6.45) is 4.77. The molecule has 3 heterocycles. The molecule has 0 bridgehead atoms. The van der Waals surface area contributed by atoms with E-state index in [2.05, 4.69) is 25.5 Å². The number of rotatable bonds is 5. The first-order chi connectivity index (χ1) is 11.2. The van der Waals surface area contributed by atoms with E-state index >= 15 is 0 Å². The number of aromatic nitrogens is 5. The molecule has 0 aliphatic heterocycles. The van der Waals surface area contributed by atoms with Gasteiger partial charge >= 0.3 is 5.97 Å². The van der Waals surface area contributed by atoms with Gasteiger partial charge in [-0.25, -0.2) is 14.8 Å². The first-order valence-electron chi connectivity index (χ1n) is 6.78. The van der Waals surface area contributed by atoms with E-state index in [1.807, 2.05) is 28.8 Å². The van der Waals surface area contributed by atoms with Crippen LogP contribution in [0.2, 0.25) is 0 Å². The Morgan fingerprint density at radius 3 is 2.70 bits per heavy atom. The predicted octanol–water partition coefficient (Wildman–Crippen LogP) is 0.190. The third-order valence-electron chi connectivity index (χ3n) is 3.13. The lowest BCUT2D eigenvalue weighted by atomic mass is 10.2. The van der Waals surface area contributed by atoms with Crippen LogP contribution in [0, 0.1) is 0 Å². The van der Waals surface area contributed by atoms with Gasteiger partial charge in [-0.05, 0) is 12.1 Å². The van der Waals surface area contributed by atoms with Gasteiger partial charge in [-0.3, -0.25) is 9.20 Å². The Morgan fingerprint density at radius 1 is 1.13 bits per heavy atom. The van der Waals surface area contributed by atoms with Crippen LogP contribution >= 0.6 is 0 Å². The molecule has 3 rings (SSSR count). The van der Waals surface area contributed by atoms with Gasteiger partial charge in [-0.2, -0.15) is 0 Å². The first kappa shape index (κ1) is 14.6. The number of pyridine rings is 1. The Kier molecular flexibility index (Phi) is 3.91. The maximum Gasteiger partial charge on any atom is 0.356 e. The first-order valence-corrected chi connectivity index (χ1v) is 6.78. The van der Waals surface area contributed by atoms with E-state index in [0.29, 0.717) is 12.2 Å². The molecule has 116 valence electrons. The van der Waals surface area contributed by atoms with Gasteiger partial charge in [-0.1, -0.05) is 6.07 Å². The Morgan fingerprint density at radius 2 is 1.91 bits per heavy atom. The minimum Gasteiger partial charge on any atom is -0.476 e. The molecule has 1 amide bonds. The van der Waals surface area contributed by atoms with E-state index in [0.717, 1.165) is 5.65 Å². The molecule has 2 N–H and O–H groups in total. The molecule has 0 aromatic carbocycles. The second-order valence-electron chi connectivity index (χ2n) is 4.61. The van der Waals surface area contributed by atoms with E-state index in [1.54, 1.807) is 0 Å². The maximum absolute atomic E-state index is 12.0. The summed E-state index contributed by atoms with van der Waals surface area (Å²) in [6, 6.07) is 5.54. The van der Waals surface area contributed by atoms with Crippen molar-refractivity contribution < 1.29 is 14.7 Å². The Hall–Kier alpha value is -3.36. The molecule has 0 aliphatic carbocycles. The highest BCUT2D eigenvalue weighted by molar-refractivity contribution is 6.01. The number of amides is 1. The highest BCUT2D eigenvalue weighted by Crippen LogP contribution is 2.04. The highest BCUT2D eigenvalue weighted by atomic mass is 16.4. The van der Waals surface area contributed by atoms with E-state index in [4.69, 9.17) is 5.11 Å². The highest BCUT2D eigenvalue weighted by Gasteiger charge is 2.19. The fourth-order valence-electron chi connectivity index (χ4n) is 2.09. The fraction of sp³-hybridized carbons (Fsp3) is 0.143. The number of nitrogens with zero attached hydrogens (tertiary/aromatic N) is 5. The zero-order chi connectivity index (χ0) is 16.2. The van der Waals surface area contributed by atoms with Crippen LogP contribution < -0.4 is 5.32 Å². The smallest absolute Gasteiger partial charge is 0.356 e. The van der Waals surface area contributed by atoms with Crippen LogP contribution in [0.4, 0.5) is 0 Å². The number of carboxylic acid groups (broad SMARTS) is 1. The van der Waals surface area contributed by atoms with Crippen molar-refractivity contribution in [2.75, 3.05) is 6.54 Å². The van der Waals surface area contributed by atoms with Crippen molar-refractivity contribution in [3.63, 3.8) is 0 Å². The number of carbonyl (C=O) groups is 2. The molecule has 0 spiro atoms. The van der Waals surface area contributed by atoms with Crippen molar-refractivity contribution >= 4 is 17.5 Å². The van der Waals surface area contributed by atoms with Crippen molar-refractivity contribution in [1.82, 2.24) is 29.9 Å². The minimum absolute atomic E-state index is 0.217. The largest absolute Gasteiger partial charge is 0.476 e. The van der Waals surface area contributed by atoms with Gasteiger partial charge in [0.15, 0.2) is 17.0 Å². The van der Waals surface area contributed by atoms with Crippen LogP contribution in [0.15, 0.2) is 36.8 Å². The molecule has 9 nitrogen and oxygen atoms in total. The molecule has 0 unspecified atom stereocenters. The predicted molar refractivity (Wildman–Crippen MR) is 78.0 cm³/mol. The monoisotopic (exact) mass is 312 g/mol. The van der Waals surface area contributed by atoms with Crippen molar-refractivity contribution in [1.29, 1.82) is 0 Å². The van der Waals surface area contributed by atoms with Crippen molar-refractivity contribution in [2.45, 2.75) is 6.42 Å². The van der Waals surface area contributed by atoms with Gasteiger partial charge in [0.1, 0.15) is 5.82 Å². The van der Waals surface area contributed by atoms with Crippen LogP contribution in [-0.4, -0.2) is 48.1 Å². The van der Waals surface area contributed by atoms with Crippen LogP contribution in [0.3, 0.4) is 0 Å². The second kappa shape index (κ2) is 6.18. The van der Waals surface area contributed by atoms with E-state index in [-0.39, 0.29) is 17.9 Å². The lowest BCUT2D eigenvalue weighted by Crippen LogP contribution is -2.29. The summed E-state index contributed by atoms with van der Waals surface area (Å²) in [5, 5.41) is 19.7. The molecule has 0 fully saturated rings. The van der Waals surface area contributed by atoms with Crippen LogP contribution in [0.1, 0.15) is 26.8 Å². The molecule has 0 radical (unpaired) electrons. The second-order valence-corrected chi connectivity index (χ2v) is 4.61. The SMILES string of the molecule is O=C(O)c1nccnc1C(=O)NCCc1nnc2ccccn12. The van der Waals surface area contributed by atoms with Gasteiger partial charge in [0.2, 0.25) is 0 Å². The van der Waals surface area contributed by atoms with Crippen LogP contribution in [0.5, 0.6) is 0 Å². The Bertz CT molecular complexity index is 876. The number of carboxylic acids is 1. The fourth-order valence-corrected chi connectivity index (χ4v) is 2.09. The van der Waals surface area contributed by atoms with Crippen LogP contribution in [0.25, 0.3) is 5.65 Å². The average molecular weight is 312 g/mol. The van der Waals surface area contributed by atoms with Gasteiger partial charge < -0.3 is 10.4 Å². The Balaban J connectivity index is 1.67. The summed E-state index contributed by atoms with van der Waals surface area (Å²) in [6.45, 7) is 0.268. The van der Waals surface area contributed by atoms with E-state index in [1.165, 1.54) is 12.4 Å². The van der Waals surface area contributed by atoms with Crippen LogP contribution in [-0.2, 0) is 6.42 Å². The molecule has 23 heavy (non-hydrogen) atoms. The topological polar surface area (TPSA) is 122 Å². The third-order valence-corrected chi connectivity index (χ3v) is 3.13. The lowest BCUT2D eigenvalue weighted by molar-refractivity contribution is 0.0683. The van der Waals surface area contributed by atoms with E-state index < -0.39 is 11.9 Å². The number of hydrogen-bond donors (Lipinski definition) is 2. The molecule has 3 aromatic heterocycles. The summed E-state index contributed by atoms with van der Waals surface area (Å²) < 4.78 is 1.82. The number of fused-ring (bicyclic) bond motifs is 1. The summed E-state index contributed by atoms with van der Waals surface area (Å²) in [5.41, 5.74) is 0.125. The summed E-state index contributed by atoms with van der Waals surface area (Å²) >= 11 is 0. The van der Waals surface area contributed by atoms with Gasteiger partial charge in [-0.15, -0.1) is 10.2 Å². The zero-order valence-corrected chi connectivity index (χ0v) is 11.9. The molecule has 9 heteroatoms. The number of aromatic carboxylic acids is 1. The van der Waals surface area contributed by atoms with Crippen molar-refractivity contribution in [3.05, 3.63) is 54.0 Å².